The number of nitrogens with zero attached hydrogens (tertiary/aromatic N) is 1. The summed E-state index contributed by atoms with van der Waals surface area (Å²) in [5, 5.41) is 6.69. The van der Waals surface area contributed by atoms with E-state index in [0.717, 1.165) is 19.0 Å². The van der Waals surface area contributed by atoms with Gasteiger partial charge in [-0.2, -0.15) is 0 Å². The zero-order valence-electron chi connectivity index (χ0n) is 14.5. The number of nitrogens with one attached hydrogen (secondary N) is 2. The van der Waals surface area contributed by atoms with Crippen molar-refractivity contribution in [3.8, 4) is 0 Å². The van der Waals surface area contributed by atoms with Crippen molar-refractivity contribution in [3.63, 3.8) is 0 Å². The molecule has 2 aliphatic rings. The molecule has 7 nitrogen and oxygen atoms in total. The van der Waals surface area contributed by atoms with E-state index in [-0.39, 0.29) is 17.8 Å². The van der Waals surface area contributed by atoms with E-state index in [1.807, 2.05) is 0 Å². The smallest absolute Gasteiger partial charge is 0.191 e. The second-order valence-electron chi connectivity index (χ2n) is 6.93. The highest BCUT2D eigenvalue weighted by Crippen LogP contribution is 2.51. The van der Waals surface area contributed by atoms with Crippen LogP contribution in [0.5, 0.6) is 0 Å². The van der Waals surface area contributed by atoms with E-state index in [4.69, 9.17) is 9.47 Å². The standard InChI is InChI=1S/C15H29N3O4S/c1-15(2)12(11-5-7-22-13(11)15)18-14(16-3)17-6-8-21-9-10-23(4,19)20/h11-13H,5-10H2,1-4H3,(H2,16,17,18). The molecule has 2 fully saturated rings. The highest BCUT2D eigenvalue weighted by molar-refractivity contribution is 7.90. The van der Waals surface area contributed by atoms with Gasteiger partial charge in [0.1, 0.15) is 9.84 Å². The van der Waals surface area contributed by atoms with Crippen LogP contribution in [0.1, 0.15) is 20.3 Å². The first-order chi connectivity index (χ1) is 10.8. The highest BCUT2D eigenvalue weighted by Gasteiger charge is 2.59. The summed E-state index contributed by atoms with van der Waals surface area (Å²) < 4.78 is 33.1. The third-order valence-corrected chi connectivity index (χ3v) is 5.66. The van der Waals surface area contributed by atoms with Crippen molar-refractivity contribution in [2.24, 2.45) is 16.3 Å². The van der Waals surface area contributed by atoms with Crippen LogP contribution in [0.25, 0.3) is 0 Å². The van der Waals surface area contributed by atoms with Crippen LogP contribution in [0.3, 0.4) is 0 Å². The maximum absolute atomic E-state index is 11.0. The lowest BCUT2D eigenvalue weighted by Gasteiger charge is -2.54. The summed E-state index contributed by atoms with van der Waals surface area (Å²) in [7, 11) is -1.21. The summed E-state index contributed by atoms with van der Waals surface area (Å²) >= 11 is 0. The predicted molar refractivity (Wildman–Crippen MR) is 90.4 cm³/mol. The molecule has 0 bridgehead atoms. The fourth-order valence-corrected chi connectivity index (χ4v) is 3.93. The molecule has 1 saturated carbocycles. The maximum Gasteiger partial charge on any atom is 0.191 e. The minimum atomic E-state index is -2.96. The summed E-state index contributed by atoms with van der Waals surface area (Å²) in [5.41, 5.74) is 0.102. The van der Waals surface area contributed by atoms with Gasteiger partial charge in [0, 0.05) is 43.8 Å². The highest BCUT2D eigenvalue weighted by atomic mass is 32.2. The SMILES string of the molecule is CN=C(NCCOCCS(C)(=O)=O)NC1C2CCOC2C1(C)C. The van der Waals surface area contributed by atoms with Crippen LogP contribution < -0.4 is 10.6 Å². The molecule has 1 aliphatic heterocycles. The molecule has 0 aromatic heterocycles. The lowest BCUT2D eigenvalue weighted by Crippen LogP contribution is -2.68. The second kappa shape index (κ2) is 7.36. The zero-order chi connectivity index (χ0) is 17.1. The molecule has 2 N–H and O–H groups in total. The third-order valence-electron chi connectivity index (χ3n) is 4.75. The van der Waals surface area contributed by atoms with Gasteiger partial charge in [-0.25, -0.2) is 8.42 Å². The Morgan fingerprint density at radius 1 is 1.39 bits per heavy atom. The largest absolute Gasteiger partial charge is 0.379 e. The van der Waals surface area contributed by atoms with Crippen LogP contribution in [0.4, 0.5) is 0 Å². The van der Waals surface area contributed by atoms with Crippen molar-refractivity contribution in [1.29, 1.82) is 0 Å². The Bertz CT molecular complexity index is 533. The van der Waals surface area contributed by atoms with Gasteiger partial charge >= 0.3 is 0 Å². The van der Waals surface area contributed by atoms with Gasteiger partial charge in [0.2, 0.25) is 0 Å². The average Bonchev–Trinajstić information content (AvgIpc) is 2.91. The van der Waals surface area contributed by atoms with Crippen LogP contribution in [-0.2, 0) is 19.3 Å². The number of guanidine groups is 1. The van der Waals surface area contributed by atoms with Gasteiger partial charge in [0.05, 0.1) is 25.1 Å². The second-order valence-corrected chi connectivity index (χ2v) is 9.19. The van der Waals surface area contributed by atoms with E-state index in [9.17, 15) is 8.42 Å². The van der Waals surface area contributed by atoms with Gasteiger partial charge in [0.15, 0.2) is 5.96 Å². The predicted octanol–water partition coefficient (Wildman–Crippen LogP) is 0.0261. The topological polar surface area (TPSA) is 89.0 Å². The first-order valence-electron chi connectivity index (χ1n) is 8.10. The van der Waals surface area contributed by atoms with Crippen LogP contribution in [0.2, 0.25) is 0 Å². The Labute approximate surface area is 139 Å². The van der Waals surface area contributed by atoms with Gasteiger partial charge < -0.3 is 20.1 Å². The molecule has 134 valence electrons. The molecular weight excluding hydrogens is 318 g/mol. The maximum atomic E-state index is 11.0. The Morgan fingerprint density at radius 3 is 2.78 bits per heavy atom. The van der Waals surface area contributed by atoms with E-state index in [0.29, 0.717) is 31.2 Å². The van der Waals surface area contributed by atoms with E-state index < -0.39 is 9.84 Å². The van der Waals surface area contributed by atoms with Crippen molar-refractivity contribution in [1.82, 2.24) is 10.6 Å². The lowest BCUT2D eigenvalue weighted by molar-refractivity contribution is -0.106. The van der Waals surface area contributed by atoms with Gasteiger partial charge in [-0.3, -0.25) is 4.99 Å². The van der Waals surface area contributed by atoms with E-state index in [2.05, 4.69) is 29.5 Å². The molecule has 0 aromatic rings. The van der Waals surface area contributed by atoms with Crippen molar-refractivity contribution in [2.75, 3.05) is 45.4 Å². The minimum Gasteiger partial charge on any atom is -0.379 e. The monoisotopic (exact) mass is 347 g/mol. The quantitative estimate of drug-likeness (QED) is 0.384. The third kappa shape index (κ3) is 4.58. The van der Waals surface area contributed by atoms with E-state index in [1.54, 1.807) is 7.05 Å². The first kappa shape index (κ1) is 18.5. The van der Waals surface area contributed by atoms with Crippen molar-refractivity contribution in [3.05, 3.63) is 0 Å². The van der Waals surface area contributed by atoms with E-state index >= 15 is 0 Å². The molecule has 3 unspecified atom stereocenters. The Kier molecular flexibility index (Phi) is 5.91. The molecular formula is C15H29N3O4S. The first-order valence-corrected chi connectivity index (χ1v) is 10.2. The Hall–Kier alpha value is -0.860. The summed E-state index contributed by atoms with van der Waals surface area (Å²) in [6.07, 6.45) is 2.65. The number of sulfone groups is 1. The molecule has 0 radical (unpaired) electrons. The van der Waals surface area contributed by atoms with Crippen LogP contribution in [0, 0.1) is 11.3 Å². The molecule has 1 heterocycles. The number of hydrogen-bond donors (Lipinski definition) is 2. The van der Waals surface area contributed by atoms with Crippen molar-refractivity contribution < 1.29 is 17.9 Å². The Morgan fingerprint density at radius 2 is 2.13 bits per heavy atom. The molecule has 3 atom stereocenters. The molecule has 2 rings (SSSR count). The number of hydrogen-bond acceptors (Lipinski definition) is 5. The normalized spacial score (nSPS) is 29.7. The van der Waals surface area contributed by atoms with Crippen LogP contribution in [-0.4, -0.2) is 71.9 Å². The Balaban J connectivity index is 1.68. The van der Waals surface area contributed by atoms with Gasteiger partial charge in [-0.05, 0) is 6.42 Å². The van der Waals surface area contributed by atoms with Crippen molar-refractivity contribution in [2.45, 2.75) is 32.4 Å². The molecule has 23 heavy (non-hydrogen) atoms. The fourth-order valence-electron chi connectivity index (χ4n) is 3.51. The average molecular weight is 347 g/mol. The van der Waals surface area contributed by atoms with Gasteiger partial charge in [-0.15, -0.1) is 0 Å². The number of aliphatic imine (C=N–C) groups is 1. The molecule has 8 heteroatoms. The van der Waals surface area contributed by atoms with Crippen LogP contribution >= 0.6 is 0 Å². The minimum absolute atomic E-state index is 0.0549. The summed E-state index contributed by atoms with van der Waals surface area (Å²) in [4.78, 5) is 4.25. The number of ether oxygens (including phenoxy) is 2. The summed E-state index contributed by atoms with van der Waals surface area (Å²) in [6, 6.07) is 0.354. The van der Waals surface area contributed by atoms with Crippen LogP contribution in [0.15, 0.2) is 4.99 Å². The molecule has 1 aliphatic carbocycles. The lowest BCUT2D eigenvalue weighted by atomic mass is 9.57. The number of fused-ring (bicyclic) bond motifs is 1. The van der Waals surface area contributed by atoms with Gasteiger partial charge in [0.25, 0.3) is 0 Å². The van der Waals surface area contributed by atoms with Crippen molar-refractivity contribution >= 4 is 15.8 Å². The molecule has 0 spiro atoms. The molecule has 0 amide bonds. The van der Waals surface area contributed by atoms with Gasteiger partial charge in [-0.1, -0.05) is 13.8 Å². The zero-order valence-corrected chi connectivity index (χ0v) is 15.3. The summed E-state index contributed by atoms with van der Waals surface area (Å²) in [5.74, 6) is 1.36. The summed E-state index contributed by atoms with van der Waals surface area (Å²) in [6.45, 7) is 6.54. The van der Waals surface area contributed by atoms with E-state index in [1.165, 1.54) is 6.26 Å². The number of rotatable bonds is 7. The molecule has 0 aromatic carbocycles. The molecule has 1 saturated heterocycles. The fraction of sp³-hybridized carbons (Fsp3) is 0.933.